The van der Waals surface area contributed by atoms with E-state index >= 15 is 0 Å². The van der Waals surface area contributed by atoms with Gasteiger partial charge in [0, 0.05) is 61.7 Å². The van der Waals surface area contributed by atoms with Crippen LogP contribution in [0.3, 0.4) is 0 Å². The molecule has 2 N–H and O–H groups in total. The zero-order valence-corrected chi connectivity index (χ0v) is 22.6. The predicted molar refractivity (Wildman–Crippen MR) is 148 cm³/mol. The minimum atomic E-state index is -0.802. The van der Waals surface area contributed by atoms with E-state index < -0.39 is 5.60 Å². The topological polar surface area (TPSA) is 76.3 Å². The van der Waals surface area contributed by atoms with Crippen molar-refractivity contribution in [3.05, 3.63) is 58.9 Å². The van der Waals surface area contributed by atoms with Gasteiger partial charge in [0.1, 0.15) is 12.2 Å². The molecule has 0 radical (unpaired) electrons. The Morgan fingerprint density at radius 3 is 2.61 bits per heavy atom. The van der Waals surface area contributed by atoms with Gasteiger partial charge < -0.3 is 29.7 Å². The number of hydrogen-bond donors (Lipinski definition) is 2. The number of nitrogens with one attached hydrogen (secondary N) is 1. The smallest absolute Gasteiger partial charge is 0.226 e. The summed E-state index contributed by atoms with van der Waals surface area (Å²) in [5.41, 5.74) is 1.52. The summed E-state index contributed by atoms with van der Waals surface area (Å²) in [5.74, 6) is 0.465. The molecule has 8 nitrogen and oxygen atoms in total. The van der Waals surface area contributed by atoms with Gasteiger partial charge >= 0.3 is 0 Å². The van der Waals surface area contributed by atoms with Gasteiger partial charge in [-0.15, -0.1) is 0 Å². The van der Waals surface area contributed by atoms with Gasteiger partial charge in [-0.05, 0) is 70.4 Å². The van der Waals surface area contributed by atoms with Crippen LogP contribution >= 0.6 is 0 Å². The number of β-amino-alcohol motifs (C(OH)–C–C–N with tert-alkyl or cyclic N) is 1. The molecule has 0 aliphatic carbocycles. The molecule has 38 heavy (non-hydrogen) atoms. The molecule has 204 valence electrons. The minimum Gasteiger partial charge on any atom is -0.388 e. The lowest BCUT2D eigenvalue weighted by molar-refractivity contribution is -0.141. The van der Waals surface area contributed by atoms with E-state index in [9.17, 15) is 9.90 Å². The molecule has 1 aromatic heterocycles. The first kappa shape index (κ1) is 25.6. The lowest BCUT2D eigenvalue weighted by atomic mass is 9.80. The van der Waals surface area contributed by atoms with Gasteiger partial charge in [-0.1, -0.05) is 30.3 Å². The van der Waals surface area contributed by atoms with Gasteiger partial charge in [0.15, 0.2) is 0 Å². The first-order valence-electron chi connectivity index (χ1n) is 14.4. The SMILES string of the molecule is CN1CCC(n2ccc3c2=NCN(CC2(O)CCN(C(=O)[C@@H]4CCNC[C@H]4c4ccccc4)CC2)C=3)CC1. The van der Waals surface area contributed by atoms with E-state index in [2.05, 4.69) is 69.5 Å². The average molecular weight is 519 g/mol. The van der Waals surface area contributed by atoms with Crippen LogP contribution in [0.15, 0.2) is 47.6 Å². The molecule has 2 aromatic rings. The van der Waals surface area contributed by atoms with Crippen LogP contribution in [0.5, 0.6) is 0 Å². The second kappa shape index (κ2) is 10.8. The molecule has 2 atom stereocenters. The first-order valence-corrected chi connectivity index (χ1v) is 14.4. The van der Waals surface area contributed by atoms with Crippen molar-refractivity contribution in [3.63, 3.8) is 0 Å². The fraction of sp³-hybridized carbons (Fsp3) is 0.600. The Hall–Kier alpha value is -2.68. The van der Waals surface area contributed by atoms with E-state index in [4.69, 9.17) is 4.99 Å². The number of fused-ring (bicyclic) bond motifs is 1. The fourth-order valence-electron chi connectivity index (χ4n) is 6.91. The van der Waals surface area contributed by atoms with Crippen molar-refractivity contribution in [3.8, 4) is 0 Å². The number of nitrogens with zero attached hydrogens (tertiary/aromatic N) is 5. The van der Waals surface area contributed by atoms with Gasteiger partial charge in [0.2, 0.25) is 5.91 Å². The highest BCUT2D eigenvalue weighted by atomic mass is 16.3. The molecule has 1 aromatic carbocycles. The molecule has 3 fully saturated rings. The zero-order valence-electron chi connectivity index (χ0n) is 22.6. The van der Waals surface area contributed by atoms with E-state index in [1.165, 1.54) is 5.56 Å². The van der Waals surface area contributed by atoms with Gasteiger partial charge in [-0.25, -0.2) is 4.99 Å². The van der Waals surface area contributed by atoms with Crippen LogP contribution in [-0.2, 0) is 4.79 Å². The molecule has 4 aliphatic rings. The average Bonchev–Trinajstić information content (AvgIpc) is 3.37. The third-order valence-corrected chi connectivity index (χ3v) is 9.25. The number of amides is 1. The number of hydrogen-bond acceptors (Lipinski definition) is 6. The molecule has 6 rings (SSSR count). The van der Waals surface area contributed by atoms with Gasteiger partial charge in [-0.2, -0.15) is 0 Å². The summed E-state index contributed by atoms with van der Waals surface area (Å²) in [5, 5.41) is 16.1. The maximum Gasteiger partial charge on any atom is 0.226 e. The third-order valence-electron chi connectivity index (χ3n) is 9.25. The molecule has 3 saturated heterocycles. The fourth-order valence-corrected chi connectivity index (χ4v) is 6.91. The van der Waals surface area contributed by atoms with Gasteiger partial charge in [0.25, 0.3) is 0 Å². The second-order valence-corrected chi connectivity index (χ2v) is 11.9. The largest absolute Gasteiger partial charge is 0.388 e. The lowest BCUT2D eigenvalue weighted by Gasteiger charge is -2.43. The van der Waals surface area contributed by atoms with Crippen LogP contribution in [0.1, 0.15) is 49.6 Å². The molecule has 8 heteroatoms. The Balaban J connectivity index is 1.07. The number of carbonyl (C=O) groups is 1. The summed E-state index contributed by atoms with van der Waals surface area (Å²) in [6.45, 7) is 6.34. The molecule has 1 amide bonds. The van der Waals surface area contributed by atoms with E-state index in [0.717, 1.165) is 56.1 Å². The molecule has 0 bridgehead atoms. The predicted octanol–water partition coefficient (Wildman–Crippen LogP) is 1.13. The molecule has 5 heterocycles. The Morgan fingerprint density at radius 2 is 1.84 bits per heavy atom. The number of benzene rings is 1. The van der Waals surface area contributed by atoms with Crippen molar-refractivity contribution in [2.75, 3.05) is 59.5 Å². The number of rotatable bonds is 5. The number of likely N-dealkylation sites (tertiary alicyclic amines) is 2. The normalized spacial score (nSPS) is 26.4. The van der Waals surface area contributed by atoms with Crippen molar-refractivity contribution >= 4 is 12.1 Å². The van der Waals surface area contributed by atoms with E-state index in [1.807, 2.05) is 11.0 Å². The summed E-state index contributed by atoms with van der Waals surface area (Å²) in [6.07, 6.45) is 8.75. The molecular weight excluding hydrogens is 476 g/mol. The van der Waals surface area contributed by atoms with Crippen molar-refractivity contribution in [2.24, 2.45) is 10.9 Å². The number of aliphatic hydroxyl groups is 1. The maximum atomic E-state index is 13.6. The Labute approximate surface area is 225 Å². The van der Waals surface area contributed by atoms with Crippen LogP contribution in [0.2, 0.25) is 0 Å². The van der Waals surface area contributed by atoms with Crippen molar-refractivity contribution in [1.29, 1.82) is 0 Å². The van der Waals surface area contributed by atoms with Crippen molar-refractivity contribution in [2.45, 2.75) is 49.7 Å². The van der Waals surface area contributed by atoms with Crippen molar-refractivity contribution < 1.29 is 9.90 Å². The summed E-state index contributed by atoms with van der Waals surface area (Å²) < 4.78 is 2.36. The highest BCUT2D eigenvalue weighted by Gasteiger charge is 2.39. The number of piperidine rings is 3. The molecular formula is C30H42N6O2. The van der Waals surface area contributed by atoms with E-state index in [-0.39, 0.29) is 17.7 Å². The highest BCUT2D eigenvalue weighted by Crippen LogP contribution is 2.33. The lowest BCUT2D eigenvalue weighted by Crippen LogP contribution is -2.54. The Bertz CT molecular complexity index is 1230. The van der Waals surface area contributed by atoms with E-state index in [1.54, 1.807) is 0 Å². The standard InChI is InChI=1S/C30H42N6O2/c1-33-14-9-25(10-15-33)36-16-8-24-20-34(22-32-28(24)36)21-30(38)11-17-35(18-12-30)29(37)26-7-13-31-19-27(26)23-5-3-2-4-6-23/h2-6,8,16,20,25-27,31,38H,7,9-15,17-19,21-22H2,1H3/t26-,27+/m1/s1. The van der Waals surface area contributed by atoms with Crippen LogP contribution in [-0.4, -0.2) is 95.4 Å². The Kier molecular flexibility index (Phi) is 7.29. The molecule has 0 spiro atoms. The molecule has 0 saturated carbocycles. The monoisotopic (exact) mass is 518 g/mol. The van der Waals surface area contributed by atoms with Gasteiger partial charge in [-0.3, -0.25) is 4.79 Å². The highest BCUT2D eigenvalue weighted by molar-refractivity contribution is 5.80. The van der Waals surface area contributed by atoms with E-state index in [0.29, 0.717) is 45.2 Å². The quantitative estimate of drug-likeness (QED) is 0.621. The minimum absolute atomic E-state index is 0.00564. The molecule has 0 unspecified atom stereocenters. The summed E-state index contributed by atoms with van der Waals surface area (Å²) >= 11 is 0. The molecule has 4 aliphatic heterocycles. The Morgan fingerprint density at radius 1 is 1.08 bits per heavy atom. The van der Waals surface area contributed by atoms with Crippen LogP contribution in [0.4, 0.5) is 0 Å². The van der Waals surface area contributed by atoms with Gasteiger partial charge in [0.05, 0.1) is 5.60 Å². The van der Waals surface area contributed by atoms with Crippen LogP contribution in [0, 0.1) is 5.92 Å². The first-order chi connectivity index (χ1) is 18.5. The number of carbonyl (C=O) groups excluding carboxylic acids is 1. The zero-order chi connectivity index (χ0) is 26.1. The summed E-state index contributed by atoms with van der Waals surface area (Å²) in [4.78, 5) is 25.1. The third kappa shape index (κ3) is 5.26. The summed E-state index contributed by atoms with van der Waals surface area (Å²) in [6, 6.07) is 13.1. The summed E-state index contributed by atoms with van der Waals surface area (Å²) in [7, 11) is 2.19. The maximum absolute atomic E-state index is 13.6. The van der Waals surface area contributed by atoms with Crippen LogP contribution < -0.4 is 16.0 Å². The number of aromatic nitrogens is 1. The van der Waals surface area contributed by atoms with Crippen LogP contribution in [0.25, 0.3) is 6.20 Å². The van der Waals surface area contributed by atoms with Crippen molar-refractivity contribution in [1.82, 2.24) is 24.6 Å². The second-order valence-electron chi connectivity index (χ2n) is 11.9.